The molecule has 5 nitrogen and oxygen atoms in total. The molecule has 0 aliphatic carbocycles. The predicted molar refractivity (Wildman–Crippen MR) is 158 cm³/mol. The highest BCUT2D eigenvalue weighted by Crippen LogP contribution is 2.24. The zero-order valence-electron chi connectivity index (χ0n) is 22.7. The van der Waals surface area contributed by atoms with Gasteiger partial charge in [0, 0.05) is 19.0 Å². The average Bonchev–Trinajstić information content (AvgIpc) is 3.29. The lowest BCUT2D eigenvalue weighted by Gasteiger charge is -2.13. The molecule has 0 amide bonds. The molecule has 0 fully saturated rings. The van der Waals surface area contributed by atoms with Crippen LogP contribution in [0.15, 0.2) is 95.9 Å². The van der Waals surface area contributed by atoms with Gasteiger partial charge in [0.2, 0.25) is 0 Å². The van der Waals surface area contributed by atoms with Crippen molar-refractivity contribution in [3.63, 3.8) is 0 Å². The fourth-order valence-corrected chi connectivity index (χ4v) is 4.99. The summed E-state index contributed by atoms with van der Waals surface area (Å²) in [6.45, 7) is 2.96. The first-order valence-electron chi connectivity index (χ1n) is 14.2. The zero-order valence-corrected chi connectivity index (χ0v) is 22.7. The van der Waals surface area contributed by atoms with Gasteiger partial charge in [-0.05, 0) is 35.2 Å². The lowest BCUT2D eigenvalue weighted by Crippen LogP contribution is -2.17. The second-order valence-corrected chi connectivity index (χ2v) is 10.2. The maximum absolute atomic E-state index is 13.6. The van der Waals surface area contributed by atoms with Crippen molar-refractivity contribution in [1.82, 2.24) is 14.5 Å². The number of unbranched alkanes of at least 4 members (excludes halogenated alkanes) is 5. The fourth-order valence-electron chi connectivity index (χ4n) is 4.99. The minimum Gasteiger partial charge on any atom is -0.494 e. The van der Waals surface area contributed by atoms with E-state index in [4.69, 9.17) is 9.72 Å². The summed E-state index contributed by atoms with van der Waals surface area (Å²) in [7, 11) is 0. The summed E-state index contributed by atoms with van der Waals surface area (Å²) in [5.74, 6) is 1.52. The Kier molecular flexibility index (Phi) is 8.90. The number of nitrogens with zero attached hydrogens (tertiary/aromatic N) is 2. The van der Waals surface area contributed by atoms with Crippen LogP contribution >= 0.6 is 0 Å². The van der Waals surface area contributed by atoms with Gasteiger partial charge in [0.15, 0.2) is 5.82 Å². The van der Waals surface area contributed by atoms with Crippen molar-refractivity contribution in [3.8, 4) is 22.8 Å². The van der Waals surface area contributed by atoms with Crippen LogP contribution in [0.5, 0.6) is 5.75 Å². The Hall–Kier alpha value is -4.12. The van der Waals surface area contributed by atoms with Crippen LogP contribution in [0, 0.1) is 0 Å². The molecule has 0 bridgehead atoms. The molecule has 0 radical (unpaired) electrons. The van der Waals surface area contributed by atoms with Gasteiger partial charge in [0.1, 0.15) is 11.4 Å². The van der Waals surface area contributed by atoms with E-state index in [2.05, 4.69) is 24.0 Å². The Morgan fingerprint density at radius 2 is 1.51 bits per heavy atom. The minimum absolute atomic E-state index is 0.0797. The molecule has 3 aromatic rings. The van der Waals surface area contributed by atoms with Crippen molar-refractivity contribution in [2.75, 3.05) is 6.61 Å². The van der Waals surface area contributed by atoms with Gasteiger partial charge in [0.05, 0.1) is 18.0 Å². The topological polar surface area (TPSA) is 59.9 Å². The molecular weight excluding hydrogens is 482 g/mol. The minimum atomic E-state index is -0.0797. The molecule has 1 N–H and O–H groups in total. The third-order valence-corrected chi connectivity index (χ3v) is 7.09. The normalized spacial score (nSPS) is 11.2. The molecule has 0 saturated heterocycles. The quantitative estimate of drug-likeness (QED) is 0.163. The number of hydrogen-bond donors (Lipinski definition) is 1. The fraction of sp³-hybridized carbons (Fsp3) is 0.294. The second-order valence-electron chi connectivity index (χ2n) is 10.2. The lowest BCUT2D eigenvalue weighted by molar-refractivity contribution is 0.304. The number of ether oxygens (including phenoxy) is 1. The molecule has 2 aliphatic rings. The van der Waals surface area contributed by atoms with E-state index in [1.54, 1.807) is 4.57 Å². The molecule has 39 heavy (non-hydrogen) atoms. The Morgan fingerprint density at radius 1 is 0.795 bits per heavy atom. The van der Waals surface area contributed by atoms with Crippen LogP contribution < -0.4 is 10.3 Å². The number of aromatic amines is 1. The molecular formula is C34H37N3O2. The van der Waals surface area contributed by atoms with Gasteiger partial charge in [0.25, 0.3) is 5.56 Å². The van der Waals surface area contributed by atoms with Crippen LogP contribution in [0.4, 0.5) is 0 Å². The van der Waals surface area contributed by atoms with Crippen LogP contribution in [-0.2, 0) is 12.8 Å². The summed E-state index contributed by atoms with van der Waals surface area (Å²) in [5.41, 5.74) is 5.47. The highest BCUT2D eigenvalue weighted by atomic mass is 16.5. The number of rotatable bonds is 13. The lowest BCUT2D eigenvalue weighted by atomic mass is 10.1. The van der Waals surface area contributed by atoms with Crippen LogP contribution in [0.25, 0.3) is 17.1 Å². The summed E-state index contributed by atoms with van der Waals surface area (Å²) >= 11 is 0. The number of hydrogen-bond acceptors (Lipinski definition) is 3. The van der Waals surface area contributed by atoms with Gasteiger partial charge >= 0.3 is 0 Å². The van der Waals surface area contributed by atoms with E-state index in [0.29, 0.717) is 24.4 Å². The Bertz CT molecular complexity index is 1490. The van der Waals surface area contributed by atoms with Gasteiger partial charge < -0.3 is 9.72 Å². The molecule has 3 aromatic carbocycles. The van der Waals surface area contributed by atoms with E-state index in [0.717, 1.165) is 46.9 Å². The van der Waals surface area contributed by atoms with Crippen LogP contribution in [0.3, 0.4) is 0 Å². The third-order valence-electron chi connectivity index (χ3n) is 7.09. The summed E-state index contributed by atoms with van der Waals surface area (Å²) < 4.78 is 7.72. The summed E-state index contributed by atoms with van der Waals surface area (Å²) in [5, 5.41) is 0. The number of fused-ring (bicyclic) bond motifs is 1. The van der Waals surface area contributed by atoms with Crippen molar-refractivity contribution >= 4 is 0 Å². The number of benzene rings is 3. The average molecular weight is 520 g/mol. The van der Waals surface area contributed by atoms with Gasteiger partial charge in [-0.25, -0.2) is 4.98 Å². The third kappa shape index (κ3) is 6.85. The van der Waals surface area contributed by atoms with E-state index in [9.17, 15) is 4.79 Å². The number of H-pyrrole nitrogens is 1. The van der Waals surface area contributed by atoms with Gasteiger partial charge in [-0.2, -0.15) is 0 Å². The maximum Gasteiger partial charge on any atom is 0.278 e. The predicted octanol–water partition coefficient (Wildman–Crippen LogP) is 7.59. The van der Waals surface area contributed by atoms with Crippen LogP contribution in [0.2, 0.25) is 0 Å². The zero-order chi connectivity index (χ0) is 26.9. The standard InChI is InChI=1S/C34H37N3O2/c1-2-3-4-5-6-13-21-39-29-20-14-17-27(22-29)24-31-34(38)37-25-32(28-18-11-8-12-19-28)35-30(33(37)36-31)23-26-15-9-7-10-16-26/h7-12,14-20,22,25,35H,2-6,13,21,23-24H2,1H3. The van der Waals surface area contributed by atoms with E-state index < -0.39 is 0 Å². The first-order valence-corrected chi connectivity index (χ1v) is 14.2. The Labute approximate surface area is 230 Å². The van der Waals surface area contributed by atoms with E-state index in [-0.39, 0.29) is 5.56 Å². The molecule has 0 aromatic heterocycles. The summed E-state index contributed by atoms with van der Waals surface area (Å²) in [4.78, 5) is 22.0. The molecule has 0 saturated carbocycles. The highest BCUT2D eigenvalue weighted by Gasteiger charge is 2.20. The van der Waals surface area contributed by atoms with Gasteiger partial charge in [-0.1, -0.05) is 112 Å². The molecule has 2 heterocycles. The smallest absolute Gasteiger partial charge is 0.278 e. The number of aromatic nitrogens is 3. The van der Waals surface area contributed by atoms with Crippen LogP contribution in [-0.4, -0.2) is 21.1 Å². The monoisotopic (exact) mass is 519 g/mol. The van der Waals surface area contributed by atoms with E-state index >= 15 is 0 Å². The van der Waals surface area contributed by atoms with E-state index in [1.165, 1.54) is 32.1 Å². The van der Waals surface area contributed by atoms with Crippen molar-refractivity contribution in [3.05, 3.63) is 124 Å². The number of nitrogens with one attached hydrogen (secondary N) is 1. The Morgan fingerprint density at radius 3 is 2.31 bits per heavy atom. The maximum atomic E-state index is 13.6. The molecule has 2 aliphatic heterocycles. The van der Waals surface area contributed by atoms with Crippen molar-refractivity contribution in [2.45, 2.75) is 58.3 Å². The van der Waals surface area contributed by atoms with Gasteiger partial charge in [-0.3, -0.25) is 9.36 Å². The molecule has 200 valence electrons. The van der Waals surface area contributed by atoms with Crippen LogP contribution in [0.1, 0.15) is 68.0 Å². The largest absolute Gasteiger partial charge is 0.494 e. The first-order chi connectivity index (χ1) is 19.2. The van der Waals surface area contributed by atoms with Gasteiger partial charge in [-0.15, -0.1) is 0 Å². The Balaban J connectivity index is 1.38. The second kappa shape index (κ2) is 13.1. The van der Waals surface area contributed by atoms with Crippen molar-refractivity contribution in [1.29, 1.82) is 0 Å². The molecule has 0 unspecified atom stereocenters. The molecule has 0 atom stereocenters. The number of imidazole rings is 1. The molecule has 5 heteroatoms. The van der Waals surface area contributed by atoms with E-state index in [1.807, 2.05) is 79.0 Å². The SMILES string of the molecule is CCCCCCCCOc1cccc(Cc2nc3c(Cc4ccccc4)[nH]c(-c4ccccc4)cn-3c2=O)c1. The molecule has 5 rings (SSSR count). The summed E-state index contributed by atoms with van der Waals surface area (Å²) in [6, 6.07) is 28.4. The van der Waals surface area contributed by atoms with Crippen molar-refractivity contribution < 1.29 is 4.74 Å². The molecule has 0 spiro atoms. The highest BCUT2D eigenvalue weighted by molar-refractivity contribution is 5.60. The van der Waals surface area contributed by atoms with Crippen molar-refractivity contribution in [2.24, 2.45) is 0 Å². The summed E-state index contributed by atoms with van der Waals surface area (Å²) in [6.07, 6.45) is 10.4. The first kappa shape index (κ1) is 26.5.